The Hall–Kier alpha value is -1.81. The molecule has 0 atom stereocenters. The summed E-state index contributed by atoms with van der Waals surface area (Å²) in [6.45, 7) is 1.88. The normalized spacial score (nSPS) is 10.1. The molecule has 1 aromatic heterocycles. The van der Waals surface area contributed by atoms with E-state index < -0.39 is 5.97 Å². The second-order valence-electron chi connectivity index (χ2n) is 3.24. The van der Waals surface area contributed by atoms with Crippen LogP contribution in [0.3, 0.4) is 0 Å². The number of esters is 1. The molecule has 1 heterocycles. The maximum Gasteiger partial charge on any atom is 0.348 e. The summed E-state index contributed by atoms with van der Waals surface area (Å²) in [4.78, 5) is 11.6. The second-order valence-corrected chi connectivity index (χ2v) is 3.64. The molecule has 0 radical (unpaired) electrons. The molecule has 1 aromatic carbocycles. The Morgan fingerprint density at radius 2 is 2.31 bits per heavy atom. The van der Waals surface area contributed by atoms with Crippen molar-refractivity contribution in [2.75, 3.05) is 0 Å². The molecular formula is C11H8ClNO3. The Morgan fingerprint density at radius 3 is 3.00 bits per heavy atom. The molecule has 0 spiro atoms. The van der Waals surface area contributed by atoms with Crippen molar-refractivity contribution >= 4 is 17.6 Å². The van der Waals surface area contributed by atoms with E-state index in [1.54, 1.807) is 12.1 Å². The molecule has 0 aliphatic rings. The van der Waals surface area contributed by atoms with Gasteiger partial charge >= 0.3 is 5.97 Å². The number of nitrogens with zero attached hydrogens (tertiary/aromatic N) is 1. The fraction of sp³-hybridized carbons (Fsp3) is 0.0909. The minimum absolute atomic E-state index is 0.248. The lowest BCUT2D eigenvalue weighted by Crippen LogP contribution is -2.07. The van der Waals surface area contributed by atoms with Crippen LogP contribution in [-0.4, -0.2) is 11.1 Å². The number of carbonyl (C=O) groups is 1. The van der Waals surface area contributed by atoms with Gasteiger partial charge in [-0.05, 0) is 24.6 Å². The molecule has 0 bridgehead atoms. The summed E-state index contributed by atoms with van der Waals surface area (Å²) in [6.07, 6.45) is 2.50. The van der Waals surface area contributed by atoms with E-state index in [1.807, 2.05) is 13.0 Å². The lowest BCUT2D eigenvalue weighted by molar-refractivity contribution is 0.0734. The van der Waals surface area contributed by atoms with Gasteiger partial charge in [0.15, 0.2) is 0 Å². The molecule has 0 N–H and O–H groups in total. The van der Waals surface area contributed by atoms with Crippen LogP contribution < -0.4 is 4.74 Å². The average Bonchev–Trinajstić information content (AvgIpc) is 2.76. The first kappa shape index (κ1) is 10.7. The summed E-state index contributed by atoms with van der Waals surface area (Å²) >= 11 is 5.89. The zero-order valence-corrected chi connectivity index (χ0v) is 9.19. The molecule has 0 saturated carbocycles. The third-order valence-electron chi connectivity index (χ3n) is 1.96. The molecule has 82 valence electrons. The summed E-state index contributed by atoms with van der Waals surface area (Å²) in [5.74, 6) is -0.221. The third-order valence-corrected chi connectivity index (χ3v) is 2.27. The Morgan fingerprint density at radius 1 is 1.50 bits per heavy atom. The van der Waals surface area contributed by atoms with Gasteiger partial charge in [0.25, 0.3) is 0 Å². The van der Waals surface area contributed by atoms with Crippen LogP contribution in [0.1, 0.15) is 15.9 Å². The predicted molar refractivity (Wildman–Crippen MR) is 57.7 cm³/mol. The molecule has 0 unspecified atom stereocenters. The Bertz CT molecular complexity index is 508. The van der Waals surface area contributed by atoms with Crippen molar-refractivity contribution in [3.8, 4) is 5.75 Å². The zero-order valence-electron chi connectivity index (χ0n) is 8.44. The van der Waals surface area contributed by atoms with Crippen LogP contribution in [-0.2, 0) is 0 Å². The molecule has 0 amide bonds. The molecule has 0 saturated heterocycles. The highest BCUT2D eigenvalue weighted by molar-refractivity contribution is 6.32. The highest BCUT2D eigenvalue weighted by Gasteiger charge is 2.12. The smallest absolute Gasteiger partial charge is 0.348 e. The van der Waals surface area contributed by atoms with Crippen LogP contribution in [0, 0.1) is 6.92 Å². The van der Waals surface area contributed by atoms with E-state index in [0.717, 1.165) is 5.56 Å². The Labute approximate surface area is 96.8 Å². The van der Waals surface area contributed by atoms with Gasteiger partial charge in [-0.3, -0.25) is 0 Å². The van der Waals surface area contributed by atoms with Crippen LogP contribution >= 0.6 is 11.6 Å². The van der Waals surface area contributed by atoms with Gasteiger partial charge in [-0.1, -0.05) is 22.8 Å². The van der Waals surface area contributed by atoms with Gasteiger partial charge < -0.3 is 9.26 Å². The van der Waals surface area contributed by atoms with E-state index in [4.69, 9.17) is 16.3 Å². The van der Waals surface area contributed by atoms with E-state index in [2.05, 4.69) is 9.68 Å². The molecule has 0 aliphatic carbocycles. The fourth-order valence-electron chi connectivity index (χ4n) is 1.15. The molecule has 16 heavy (non-hydrogen) atoms. The standard InChI is InChI=1S/C11H8ClNO3/c1-7-2-3-9(12)10(4-7)16-11(14)8-5-13-15-6-8/h2-6H,1H3. The monoisotopic (exact) mass is 237 g/mol. The highest BCUT2D eigenvalue weighted by Crippen LogP contribution is 2.25. The molecule has 5 heteroatoms. The van der Waals surface area contributed by atoms with Gasteiger partial charge in [-0.2, -0.15) is 0 Å². The number of carbonyl (C=O) groups excluding carboxylic acids is 1. The van der Waals surface area contributed by atoms with Crippen LogP contribution in [0.5, 0.6) is 5.75 Å². The molecule has 2 aromatic rings. The lowest BCUT2D eigenvalue weighted by Gasteiger charge is -2.05. The van der Waals surface area contributed by atoms with E-state index in [-0.39, 0.29) is 5.56 Å². The molecule has 2 rings (SSSR count). The molecular weight excluding hydrogens is 230 g/mol. The van der Waals surface area contributed by atoms with Crippen LogP contribution in [0.15, 0.2) is 35.2 Å². The van der Waals surface area contributed by atoms with Crippen molar-refractivity contribution in [3.63, 3.8) is 0 Å². The lowest BCUT2D eigenvalue weighted by atomic mass is 10.2. The predicted octanol–water partition coefficient (Wildman–Crippen LogP) is 2.86. The third kappa shape index (κ3) is 2.23. The number of hydrogen-bond acceptors (Lipinski definition) is 4. The number of rotatable bonds is 2. The molecule has 0 aliphatic heterocycles. The first-order chi connectivity index (χ1) is 7.66. The van der Waals surface area contributed by atoms with Crippen molar-refractivity contribution in [2.45, 2.75) is 6.92 Å². The SMILES string of the molecule is Cc1ccc(Cl)c(OC(=O)c2cnoc2)c1. The first-order valence-electron chi connectivity index (χ1n) is 4.54. The van der Waals surface area contributed by atoms with Gasteiger partial charge in [-0.25, -0.2) is 4.79 Å². The first-order valence-corrected chi connectivity index (χ1v) is 4.92. The topological polar surface area (TPSA) is 52.3 Å². The summed E-state index contributed by atoms with van der Waals surface area (Å²) < 4.78 is 9.64. The average molecular weight is 238 g/mol. The summed E-state index contributed by atoms with van der Waals surface area (Å²) in [5.41, 5.74) is 1.20. The summed E-state index contributed by atoms with van der Waals surface area (Å²) in [6, 6.07) is 5.19. The van der Waals surface area contributed by atoms with Crippen LogP contribution in [0.4, 0.5) is 0 Å². The van der Waals surface area contributed by atoms with E-state index >= 15 is 0 Å². The van der Waals surface area contributed by atoms with Gasteiger partial charge in [0.1, 0.15) is 17.6 Å². The number of benzene rings is 1. The number of hydrogen-bond donors (Lipinski definition) is 0. The molecule has 0 fully saturated rings. The number of halogens is 1. The van der Waals surface area contributed by atoms with Crippen molar-refractivity contribution in [1.29, 1.82) is 0 Å². The van der Waals surface area contributed by atoms with Crippen molar-refractivity contribution < 1.29 is 14.1 Å². The summed E-state index contributed by atoms with van der Waals surface area (Å²) in [7, 11) is 0. The van der Waals surface area contributed by atoms with Crippen molar-refractivity contribution in [3.05, 3.63) is 46.8 Å². The number of aryl methyl sites for hydroxylation is 1. The number of ether oxygens (including phenoxy) is 1. The highest BCUT2D eigenvalue weighted by atomic mass is 35.5. The minimum Gasteiger partial charge on any atom is -0.421 e. The van der Waals surface area contributed by atoms with E-state index in [1.165, 1.54) is 12.5 Å². The van der Waals surface area contributed by atoms with Gasteiger partial charge in [0.05, 0.1) is 11.2 Å². The number of aromatic nitrogens is 1. The van der Waals surface area contributed by atoms with Gasteiger partial charge in [-0.15, -0.1) is 0 Å². The zero-order chi connectivity index (χ0) is 11.5. The van der Waals surface area contributed by atoms with Crippen LogP contribution in [0.2, 0.25) is 5.02 Å². The Balaban J connectivity index is 2.21. The van der Waals surface area contributed by atoms with E-state index in [9.17, 15) is 4.79 Å². The molecule has 4 nitrogen and oxygen atoms in total. The largest absolute Gasteiger partial charge is 0.421 e. The van der Waals surface area contributed by atoms with Gasteiger partial charge in [0.2, 0.25) is 0 Å². The van der Waals surface area contributed by atoms with Crippen molar-refractivity contribution in [2.24, 2.45) is 0 Å². The van der Waals surface area contributed by atoms with Crippen molar-refractivity contribution in [1.82, 2.24) is 5.16 Å². The Kier molecular flexibility index (Phi) is 2.92. The summed E-state index contributed by atoms with van der Waals surface area (Å²) in [5, 5.41) is 3.80. The minimum atomic E-state index is -0.547. The maximum absolute atomic E-state index is 11.6. The van der Waals surface area contributed by atoms with E-state index in [0.29, 0.717) is 10.8 Å². The second kappa shape index (κ2) is 4.37. The quantitative estimate of drug-likeness (QED) is 0.595. The fourth-order valence-corrected chi connectivity index (χ4v) is 1.31. The van der Waals surface area contributed by atoms with Crippen LogP contribution in [0.25, 0.3) is 0 Å². The maximum atomic E-state index is 11.6. The van der Waals surface area contributed by atoms with Gasteiger partial charge in [0, 0.05) is 0 Å².